The van der Waals surface area contributed by atoms with Gasteiger partial charge < -0.3 is 4.57 Å². The van der Waals surface area contributed by atoms with Crippen LogP contribution in [0.25, 0.3) is 30.0 Å². The van der Waals surface area contributed by atoms with Crippen LogP contribution in [0.3, 0.4) is 0 Å². The molecular formula is C19H21N. The van der Waals surface area contributed by atoms with E-state index >= 15 is 0 Å². The maximum atomic E-state index is 3.98. The molecule has 2 rings (SSSR count). The van der Waals surface area contributed by atoms with Gasteiger partial charge in [-0.25, -0.2) is 0 Å². The molecule has 1 nitrogen and oxygen atoms in total. The van der Waals surface area contributed by atoms with Crippen LogP contribution >= 0.6 is 0 Å². The van der Waals surface area contributed by atoms with Crippen molar-refractivity contribution in [3.05, 3.63) is 64.8 Å². The van der Waals surface area contributed by atoms with E-state index in [1.807, 2.05) is 19.1 Å². The van der Waals surface area contributed by atoms with E-state index in [2.05, 4.69) is 73.6 Å². The average molecular weight is 263 g/mol. The van der Waals surface area contributed by atoms with Crippen LogP contribution in [0.2, 0.25) is 0 Å². The van der Waals surface area contributed by atoms with E-state index in [-0.39, 0.29) is 0 Å². The van der Waals surface area contributed by atoms with Crippen molar-refractivity contribution in [1.29, 1.82) is 0 Å². The predicted octanol–water partition coefficient (Wildman–Crippen LogP) is 3.75. The lowest BCUT2D eigenvalue weighted by Crippen LogP contribution is -2.28. The number of para-hydroxylation sites is 1. The zero-order chi connectivity index (χ0) is 14.5. The quantitative estimate of drug-likeness (QED) is 0.794. The molecule has 20 heavy (non-hydrogen) atoms. The number of benzene rings is 1. The molecule has 0 radical (unpaired) electrons. The summed E-state index contributed by atoms with van der Waals surface area (Å²) in [6.45, 7) is 10.2. The zero-order valence-electron chi connectivity index (χ0n) is 12.4. The Morgan fingerprint density at radius 2 is 1.70 bits per heavy atom. The molecule has 0 spiro atoms. The number of hydrogen-bond acceptors (Lipinski definition) is 0. The molecule has 0 aliphatic carbocycles. The van der Waals surface area contributed by atoms with Crippen molar-refractivity contribution in [2.24, 2.45) is 0 Å². The second-order valence-corrected chi connectivity index (χ2v) is 4.55. The van der Waals surface area contributed by atoms with Crippen molar-refractivity contribution >= 4 is 24.3 Å². The fourth-order valence-corrected chi connectivity index (χ4v) is 2.63. The molecule has 0 bridgehead atoms. The first kappa shape index (κ1) is 14.1. The van der Waals surface area contributed by atoms with Gasteiger partial charge in [0, 0.05) is 21.8 Å². The summed E-state index contributed by atoms with van der Waals surface area (Å²) >= 11 is 0. The SMILES string of the molecule is C=Cc1c(/C=C\C)n(-c2ccccc2)c(=C/C)/c1=C\C. The van der Waals surface area contributed by atoms with Crippen molar-refractivity contribution in [1.82, 2.24) is 4.57 Å². The van der Waals surface area contributed by atoms with Gasteiger partial charge in [0.2, 0.25) is 0 Å². The first-order chi connectivity index (χ1) is 9.78. The van der Waals surface area contributed by atoms with E-state index in [1.54, 1.807) is 0 Å². The molecule has 0 saturated carbocycles. The molecule has 0 atom stereocenters. The van der Waals surface area contributed by atoms with Crippen LogP contribution in [-0.4, -0.2) is 4.57 Å². The maximum Gasteiger partial charge on any atom is 0.0537 e. The summed E-state index contributed by atoms with van der Waals surface area (Å²) in [6.07, 6.45) is 10.5. The summed E-state index contributed by atoms with van der Waals surface area (Å²) in [5, 5.41) is 2.45. The highest BCUT2D eigenvalue weighted by atomic mass is 15.0. The molecule has 1 heteroatoms. The van der Waals surface area contributed by atoms with Gasteiger partial charge in [-0.05, 0) is 39.0 Å². The van der Waals surface area contributed by atoms with Crippen molar-refractivity contribution in [2.45, 2.75) is 20.8 Å². The molecule has 1 aromatic carbocycles. The van der Waals surface area contributed by atoms with Crippen LogP contribution in [0.4, 0.5) is 0 Å². The Labute approximate surface area is 120 Å². The number of hydrogen-bond donors (Lipinski definition) is 0. The standard InChI is InChI=1S/C19H21N/c1-5-12-19-17(7-3)16(6-2)18(8-4)20(19)15-13-10-9-11-14-15/h5-14H,3H2,1-2,4H3/b12-5-,16-6-,18-8+. The third kappa shape index (κ3) is 2.27. The fraction of sp³-hybridized carbons (Fsp3) is 0.158. The molecule has 0 fully saturated rings. The lowest BCUT2D eigenvalue weighted by atomic mass is 10.2. The molecule has 0 amide bonds. The zero-order valence-corrected chi connectivity index (χ0v) is 12.4. The van der Waals surface area contributed by atoms with Crippen molar-refractivity contribution in [2.75, 3.05) is 0 Å². The summed E-state index contributed by atoms with van der Waals surface area (Å²) < 4.78 is 2.28. The van der Waals surface area contributed by atoms with Crippen molar-refractivity contribution in [3.8, 4) is 5.69 Å². The minimum atomic E-state index is 1.17. The third-order valence-corrected chi connectivity index (χ3v) is 3.43. The smallest absolute Gasteiger partial charge is 0.0537 e. The highest BCUT2D eigenvalue weighted by Crippen LogP contribution is 2.14. The minimum Gasteiger partial charge on any atom is -0.310 e. The summed E-state index contributed by atoms with van der Waals surface area (Å²) in [6, 6.07) is 10.4. The van der Waals surface area contributed by atoms with Gasteiger partial charge in [0.05, 0.1) is 5.69 Å². The number of aromatic nitrogens is 1. The Hall–Kier alpha value is -2.28. The Morgan fingerprint density at radius 3 is 2.20 bits per heavy atom. The van der Waals surface area contributed by atoms with Crippen LogP contribution in [-0.2, 0) is 0 Å². The molecule has 1 heterocycles. The summed E-state index contributed by atoms with van der Waals surface area (Å²) in [7, 11) is 0. The van der Waals surface area contributed by atoms with Crippen LogP contribution in [0.1, 0.15) is 32.0 Å². The third-order valence-electron chi connectivity index (χ3n) is 3.43. The highest BCUT2D eigenvalue weighted by Gasteiger charge is 2.10. The van der Waals surface area contributed by atoms with Crippen LogP contribution in [0.5, 0.6) is 0 Å². The molecular weight excluding hydrogens is 242 g/mol. The van der Waals surface area contributed by atoms with Crippen molar-refractivity contribution < 1.29 is 0 Å². The van der Waals surface area contributed by atoms with Crippen molar-refractivity contribution in [3.63, 3.8) is 0 Å². The molecule has 0 aliphatic rings. The summed E-state index contributed by atoms with van der Waals surface area (Å²) in [5.41, 5.74) is 3.53. The van der Waals surface area contributed by atoms with Gasteiger partial charge in [0.15, 0.2) is 0 Å². The van der Waals surface area contributed by atoms with Gasteiger partial charge in [0.1, 0.15) is 0 Å². The maximum absolute atomic E-state index is 3.98. The molecule has 0 unspecified atom stereocenters. The lowest BCUT2D eigenvalue weighted by Gasteiger charge is -2.08. The summed E-state index contributed by atoms with van der Waals surface area (Å²) in [4.78, 5) is 0. The van der Waals surface area contributed by atoms with E-state index in [9.17, 15) is 0 Å². The molecule has 102 valence electrons. The lowest BCUT2D eigenvalue weighted by molar-refractivity contribution is 1.01. The van der Waals surface area contributed by atoms with Gasteiger partial charge in [-0.15, -0.1) is 0 Å². The van der Waals surface area contributed by atoms with Gasteiger partial charge in [-0.2, -0.15) is 0 Å². The Bertz CT molecular complexity index is 743. The van der Waals surface area contributed by atoms with Gasteiger partial charge in [0.25, 0.3) is 0 Å². The number of nitrogens with zero attached hydrogens (tertiary/aromatic N) is 1. The molecule has 0 aliphatic heterocycles. The van der Waals surface area contributed by atoms with Crippen LogP contribution in [0, 0.1) is 0 Å². The molecule has 0 N–H and O–H groups in total. The Balaban J connectivity index is 3.00. The number of rotatable bonds is 3. The monoisotopic (exact) mass is 263 g/mol. The molecule has 1 aromatic heterocycles. The minimum absolute atomic E-state index is 1.17. The first-order valence-electron chi connectivity index (χ1n) is 6.96. The largest absolute Gasteiger partial charge is 0.310 e. The van der Waals surface area contributed by atoms with Gasteiger partial charge in [-0.3, -0.25) is 0 Å². The topological polar surface area (TPSA) is 4.93 Å². The van der Waals surface area contributed by atoms with E-state index in [0.29, 0.717) is 0 Å². The average Bonchev–Trinajstić information content (AvgIpc) is 2.81. The Kier molecular flexibility index (Phi) is 4.41. The van der Waals surface area contributed by atoms with Crippen LogP contribution in [0.15, 0.2) is 43.0 Å². The first-order valence-corrected chi connectivity index (χ1v) is 6.96. The van der Waals surface area contributed by atoms with E-state index < -0.39 is 0 Å². The van der Waals surface area contributed by atoms with E-state index in [4.69, 9.17) is 0 Å². The van der Waals surface area contributed by atoms with Crippen LogP contribution < -0.4 is 10.6 Å². The molecule has 0 saturated heterocycles. The molecule has 2 aromatic rings. The van der Waals surface area contributed by atoms with E-state index in [1.165, 1.54) is 27.5 Å². The summed E-state index contributed by atoms with van der Waals surface area (Å²) in [5.74, 6) is 0. The fourth-order valence-electron chi connectivity index (χ4n) is 2.63. The van der Waals surface area contributed by atoms with Gasteiger partial charge in [-0.1, -0.05) is 49.1 Å². The number of allylic oxidation sites excluding steroid dienone is 1. The predicted molar refractivity (Wildman–Crippen MR) is 90.1 cm³/mol. The van der Waals surface area contributed by atoms with E-state index in [0.717, 1.165) is 0 Å². The highest BCUT2D eigenvalue weighted by molar-refractivity contribution is 5.67. The van der Waals surface area contributed by atoms with Gasteiger partial charge >= 0.3 is 0 Å². The second-order valence-electron chi connectivity index (χ2n) is 4.55. The Morgan fingerprint density at radius 1 is 1.00 bits per heavy atom. The normalized spacial score (nSPS) is 13.3. The second kappa shape index (κ2) is 6.25.